The normalized spacial score (nSPS) is 12.1. The van der Waals surface area contributed by atoms with Gasteiger partial charge in [0.1, 0.15) is 0 Å². The summed E-state index contributed by atoms with van der Waals surface area (Å²) < 4.78 is 0. The summed E-state index contributed by atoms with van der Waals surface area (Å²) in [4.78, 5) is 13.1. The number of amides is 2. The molecule has 0 aliphatic carbocycles. The lowest BCUT2D eigenvalue weighted by Gasteiger charge is -2.19. The quantitative estimate of drug-likeness (QED) is 0.892. The number of nitrogens with zero attached hydrogens (tertiary/aromatic N) is 1. The van der Waals surface area contributed by atoms with Gasteiger partial charge in [0, 0.05) is 19.3 Å². The van der Waals surface area contributed by atoms with Crippen molar-refractivity contribution in [3.63, 3.8) is 0 Å². The van der Waals surface area contributed by atoms with Gasteiger partial charge in [-0.1, -0.05) is 23.2 Å². The van der Waals surface area contributed by atoms with E-state index in [2.05, 4.69) is 5.32 Å². The minimum atomic E-state index is -0.570. The molecular weight excluding hydrogens is 263 g/mol. The molecule has 0 fully saturated rings. The van der Waals surface area contributed by atoms with Crippen LogP contribution in [-0.2, 0) is 0 Å². The van der Waals surface area contributed by atoms with E-state index in [9.17, 15) is 4.79 Å². The average molecular weight is 277 g/mol. The van der Waals surface area contributed by atoms with E-state index in [1.807, 2.05) is 0 Å². The van der Waals surface area contributed by atoms with E-state index >= 15 is 0 Å². The first kappa shape index (κ1) is 14.1. The molecule has 0 bridgehead atoms. The second-order valence-corrected chi connectivity index (χ2v) is 4.60. The van der Waals surface area contributed by atoms with E-state index in [0.717, 1.165) is 0 Å². The first-order valence-corrected chi connectivity index (χ1v) is 5.81. The van der Waals surface area contributed by atoms with E-state index in [0.29, 0.717) is 15.7 Å². The van der Waals surface area contributed by atoms with E-state index in [-0.39, 0.29) is 12.6 Å². The number of carbonyl (C=O) groups excluding carboxylic acids is 1. The second-order valence-electron chi connectivity index (χ2n) is 3.79. The number of carbonyl (C=O) groups is 1. The van der Waals surface area contributed by atoms with Gasteiger partial charge in [-0.3, -0.25) is 0 Å². The largest absolute Gasteiger partial charge is 0.392 e. The van der Waals surface area contributed by atoms with Crippen molar-refractivity contribution in [1.82, 2.24) is 4.90 Å². The van der Waals surface area contributed by atoms with Crippen LogP contribution in [0.4, 0.5) is 10.5 Å². The van der Waals surface area contributed by atoms with Gasteiger partial charge in [0.15, 0.2) is 0 Å². The highest BCUT2D eigenvalue weighted by Crippen LogP contribution is 2.25. The number of rotatable bonds is 3. The van der Waals surface area contributed by atoms with Crippen LogP contribution in [0.2, 0.25) is 10.0 Å². The van der Waals surface area contributed by atoms with Gasteiger partial charge >= 0.3 is 6.03 Å². The standard InChI is InChI=1S/C11H14Cl2N2O2/c1-7(16)6-15(2)11(17)14-8-3-4-9(12)10(13)5-8/h3-5,7,16H,6H2,1-2H3,(H,14,17). The van der Waals surface area contributed by atoms with Crippen LogP contribution in [0.5, 0.6) is 0 Å². The second kappa shape index (κ2) is 6.10. The molecule has 0 aromatic heterocycles. The molecule has 1 unspecified atom stereocenters. The molecule has 1 atom stereocenters. The number of halogens is 2. The maximum Gasteiger partial charge on any atom is 0.321 e. The minimum absolute atomic E-state index is 0.257. The molecule has 0 saturated carbocycles. The fourth-order valence-electron chi connectivity index (χ4n) is 1.27. The van der Waals surface area contributed by atoms with Crippen molar-refractivity contribution in [3.05, 3.63) is 28.2 Å². The summed E-state index contributed by atoms with van der Waals surface area (Å²) in [6.45, 7) is 1.87. The summed E-state index contributed by atoms with van der Waals surface area (Å²) in [7, 11) is 1.60. The van der Waals surface area contributed by atoms with Gasteiger partial charge in [-0.2, -0.15) is 0 Å². The molecule has 0 radical (unpaired) electrons. The zero-order valence-corrected chi connectivity index (χ0v) is 11.1. The number of likely N-dealkylation sites (N-methyl/N-ethyl adjacent to an activating group) is 1. The Labute approximate surface area is 110 Å². The lowest BCUT2D eigenvalue weighted by atomic mass is 10.3. The molecule has 1 aromatic carbocycles. The maximum absolute atomic E-state index is 11.7. The van der Waals surface area contributed by atoms with Gasteiger partial charge < -0.3 is 15.3 Å². The average Bonchev–Trinajstić information content (AvgIpc) is 2.22. The molecule has 0 heterocycles. The zero-order valence-electron chi connectivity index (χ0n) is 9.58. The lowest BCUT2D eigenvalue weighted by molar-refractivity contribution is 0.149. The highest BCUT2D eigenvalue weighted by Gasteiger charge is 2.11. The highest BCUT2D eigenvalue weighted by molar-refractivity contribution is 6.42. The first-order chi connectivity index (χ1) is 7.90. The Balaban J connectivity index is 2.64. The fourth-order valence-corrected chi connectivity index (χ4v) is 1.57. The van der Waals surface area contributed by atoms with E-state index in [4.69, 9.17) is 28.3 Å². The summed E-state index contributed by atoms with van der Waals surface area (Å²) >= 11 is 11.6. The number of hydrogen-bond donors (Lipinski definition) is 2. The van der Waals surface area contributed by atoms with Crippen molar-refractivity contribution in [3.8, 4) is 0 Å². The molecule has 2 N–H and O–H groups in total. The van der Waals surface area contributed by atoms with Gasteiger partial charge in [0.2, 0.25) is 0 Å². The molecule has 0 saturated heterocycles. The van der Waals surface area contributed by atoms with Crippen LogP contribution in [0.3, 0.4) is 0 Å². The zero-order chi connectivity index (χ0) is 13.0. The summed E-state index contributed by atoms with van der Waals surface area (Å²) in [6, 6.07) is 4.51. The van der Waals surface area contributed by atoms with Crippen LogP contribution in [0.15, 0.2) is 18.2 Å². The van der Waals surface area contributed by atoms with Crippen LogP contribution < -0.4 is 5.32 Å². The summed E-state index contributed by atoms with van der Waals surface area (Å²) in [5, 5.41) is 12.6. The molecule has 0 aliphatic rings. The maximum atomic E-state index is 11.7. The predicted molar refractivity (Wildman–Crippen MR) is 69.8 cm³/mol. The third-order valence-electron chi connectivity index (χ3n) is 2.06. The van der Waals surface area contributed by atoms with E-state index in [1.54, 1.807) is 32.2 Å². The number of nitrogens with one attached hydrogen (secondary N) is 1. The number of aliphatic hydroxyl groups is 1. The van der Waals surface area contributed by atoms with Crippen LogP contribution in [-0.4, -0.2) is 35.7 Å². The van der Waals surface area contributed by atoms with Crippen LogP contribution in [0, 0.1) is 0 Å². The Morgan fingerprint density at radius 1 is 1.47 bits per heavy atom. The molecule has 4 nitrogen and oxygen atoms in total. The lowest BCUT2D eigenvalue weighted by Crippen LogP contribution is -2.36. The van der Waals surface area contributed by atoms with Crippen molar-refractivity contribution in [2.24, 2.45) is 0 Å². The molecule has 1 aromatic rings. The SMILES string of the molecule is CC(O)CN(C)C(=O)Nc1ccc(Cl)c(Cl)c1. The van der Waals surface area contributed by atoms with Crippen molar-refractivity contribution >= 4 is 34.9 Å². The fraction of sp³-hybridized carbons (Fsp3) is 0.364. The van der Waals surface area contributed by atoms with Gasteiger partial charge in [0.25, 0.3) is 0 Å². The van der Waals surface area contributed by atoms with Gasteiger partial charge in [-0.05, 0) is 25.1 Å². The van der Waals surface area contributed by atoms with E-state index < -0.39 is 6.10 Å². The predicted octanol–water partition coefficient (Wildman–Crippen LogP) is 2.84. The molecule has 6 heteroatoms. The van der Waals surface area contributed by atoms with Gasteiger partial charge in [-0.25, -0.2) is 4.79 Å². The van der Waals surface area contributed by atoms with Crippen LogP contribution in [0.25, 0.3) is 0 Å². The number of aliphatic hydroxyl groups excluding tert-OH is 1. The van der Waals surface area contributed by atoms with Crippen molar-refractivity contribution in [1.29, 1.82) is 0 Å². The Bertz CT molecular complexity index is 410. The molecule has 94 valence electrons. The van der Waals surface area contributed by atoms with Crippen molar-refractivity contribution in [2.75, 3.05) is 18.9 Å². The van der Waals surface area contributed by atoms with Gasteiger partial charge in [-0.15, -0.1) is 0 Å². The minimum Gasteiger partial charge on any atom is -0.392 e. The third-order valence-corrected chi connectivity index (χ3v) is 2.79. The Kier molecular flexibility index (Phi) is 5.05. The smallest absolute Gasteiger partial charge is 0.321 e. The van der Waals surface area contributed by atoms with Gasteiger partial charge in [0.05, 0.1) is 16.1 Å². The van der Waals surface area contributed by atoms with Crippen molar-refractivity contribution < 1.29 is 9.90 Å². The molecular formula is C11H14Cl2N2O2. The molecule has 2 amide bonds. The molecule has 0 aliphatic heterocycles. The molecule has 1 rings (SSSR count). The molecule has 0 spiro atoms. The monoisotopic (exact) mass is 276 g/mol. The third kappa shape index (κ3) is 4.42. The molecule has 17 heavy (non-hydrogen) atoms. The Morgan fingerprint density at radius 3 is 2.65 bits per heavy atom. The highest BCUT2D eigenvalue weighted by atomic mass is 35.5. The topological polar surface area (TPSA) is 52.6 Å². The Morgan fingerprint density at radius 2 is 2.12 bits per heavy atom. The van der Waals surface area contributed by atoms with E-state index in [1.165, 1.54) is 4.90 Å². The first-order valence-electron chi connectivity index (χ1n) is 5.05. The number of benzene rings is 1. The van der Waals surface area contributed by atoms with Crippen molar-refractivity contribution in [2.45, 2.75) is 13.0 Å². The number of urea groups is 1. The number of hydrogen-bond acceptors (Lipinski definition) is 2. The summed E-state index contributed by atoms with van der Waals surface area (Å²) in [5.74, 6) is 0. The summed E-state index contributed by atoms with van der Waals surface area (Å²) in [5.41, 5.74) is 0.557. The van der Waals surface area contributed by atoms with Crippen LogP contribution in [0.1, 0.15) is 6.92 Å². The van der Waals surface area contributed by atoms with Crippen LogP contribution >= 0.6 is 23.2 Å². The number of anilines is 1. The summed E-state index contributed by atoms with van der Waals surface area (Å²) in [6.07, 6.45) is -0.570. The Hall–Kier alpha value is -0.970.